The predicted octanol–water partition coefficient (Wildman–Crippen LogP) is 4.59. The van der Waals surface area contributed by atoms with Gasteiger partial charge in [-0.3, -0.25) is 4.98 Å². The van der Waals surface area contributed by atoms with Crippen molar-refractivity contribution in [3.8, 4) is 11.4 Å². The average Bonchev–Trinajstić information content (AvgIpc) is 3.45. The normalized spacial score (nSPS) is 11.6. The number of pyridine rings is 1. The molecule has 174 valence electrons. The van der Waals surface area contributed by atoms with Gasteiger partial charge in [0.15, 0.2) is 0 Å². The molecule has 0 radical (unpaired) electrons. The molecule has 0 saturated heterocycles. The largest absolute Gasteiger partial charge is 0.497 e. The molecule has 0 saturated carbocycles. The molecule has 0 aliphatic carbocycles. The molecule has 0 amide bonds. The van der Waals surface area contributed by atoms with Gasteiger partial charge < -0.3 is 4.74 Å². The summed E-state index contributed by atoms with van der Waals surface area (Å²) in [5, 5.41) is 16.4. The lowest BCUT2D eigenvalue weighted by Gasteiger charge is -2.19. The molecule has 0 aliphatic rings. The van der Waals surface area contributed by atoms with Gasteiger partial charge in [-0.15, -0.1) is 10.2 Å². The van der Waals surface area contributed by atoms with Crippen molar-refractivity contribution in [1.82, 2.24) is 35.0 Å². The molecule has 0 aliphatic heterocycles. The fourth-order valence-corrected chi connectivity index (χ4v) is 3.08. The van der Waals surface area contributed by atoms with E-state index in [2.05, 4.69) is 67.2 Å². The molecule has 0 N–H and O–H groups in total. The second kappa shape index (κ2) is 9.94. The van der Waals surface area contributed by atoms with Gasteiger partial charge in [0.2, 0.25) is 0 Å². The summed E-state index contributed by atoms with van der Waals surface area (Å²) >= 11 is 0. The van der Waals surface area contributed by atoms with E-state index in [1.807, 2.05) is 53.5 Å². The molecule has 0 bridgehead atoms. The molecule has 33 heavy (non-hydrogen) atoms. The highest BCUT2D eigenvalue weighted by Crippen LogP contribution is 2.22. The number of methoxy groups -OCH3 is 1. The first kappa shape index (κ1) is 24.1. The van der Waals surface area contributed by atoms with Crippen LogP contribution in [0.3, 0.4) is 0 Å². The van der Waals surface area contributed by atoms with Crippen molar-refractivity contribution in [2.24, 2.45) is 0 Å². The molecule has 8 heteroatoms. The topological polar surface area (TPSA) is 83.5 Å². The summed E-state index contributed by atoms with van der Waals surface area (Å²) in [5.74, 6) is 0.869. The van der Waals surface area contributed by atoms with E-state index in [1.54, 1.807) is 24.2 Å². The molecular formula is C25H33N7O. The predicted molar refractivity (Wildman–Crippen MR) is 129 cm³/mol. The molecule has 4 rings (SSSR count). The van der Waals surface area contributed by atoms with Crippen molar-refractivity contribution in [1.29, 1.82) is 0 Å². The van der Waals surface area contributed by atoms with E-state index in [0.29, 0.717) is 0 Å². The van der Waals surface area contributed by atoms with E-state index in [1.165, 1.54) is 5.56 Å². The third kappa shape index (κ3) is 6.47. The fraction of sp³-hybridized carbons (Fsp3) is 0.400. The van der Waals surface area contributed by atoms with E-state index >= 15 is 0 Å². The Morgan fingerprint density at radius 1 is 0.879 bits per heavy atom. The van der Waals surface area contributed by atoms with Gasteiger partial charge in [0.25, 0.3) is 0 Å². The number of hydrogen-bond acceptors (Lipinski definition) is 6. The zero-order chi connectivity index (χ0) is 24.1. The maximum Gasteiger partial charge on any atom is 0.118 e. The van der Waals surface area contributed by atoms with Crippen LogP contribution in [0.2, 0.25) is 0 Å². The van der Waals surface area contributed by atoms with Crippen LogP contribution in [0.4, 0.5) is 0 Å². The zero-order valence-corrected chi connectivity index (χ0v) is 20.5. The molecule has 4 aromatic rings. The van der Waals surface area contributed by atoms with Crippen molar-refractivity contribution in [3.05, 3.63) is 78.1 Å². The van der Waals surface area contributed by atoms with Crippen LogP contribution in [-0.2, 0) is 17.4 Å². The van der Waals surface area contributed by atoms with E-state index in [9.17, 15) is 0 Å². The summed E-state index contributed by atoms with van der Waals surface area (Å²) in [5.41, 5.74) is 4.31. The first-order chi connectivity index (χ1) is 15.6. The number of benzene rings is 1. The van der Waals surface area contributed by atoms with E-state index in [4.69, 9.17) is 4.74 Å². The minimum Gasteiger partial charge on any atom is -0.497 e. The Morgan fingerprint density at radius 3 is 2.15 bits per heavy atom. The van der Waals surface area contributed by atoms with Gasteiger partial charge in [0.05, 0.1) is 49.3 Å². The first-order valence-corrected chi connectivity index (χ1v) is 10.9. The molecule has 0 spiro atoms. The lowest BCUT2D eigenvalue weighted by atomic mass is 9.92. The van der Waals surface area contributed by atoms with Crippen LogP contribution in [-0.4, -0.2) is 42.1 Å². The van der Waals surface area contributed by atoms with Crippen LogP contribution >= 0.6 is 0 Å². The minimum atomic E-state index is 0.0282. The minimum absolute atomic E-state index is 0.0282. The SMILES string of the molecule is CC(C)(C)c1cn(-c2cccnc2)nn1.COc1ccc(Cn2nncc2C(C)(C)C)cc1. The van der Waals surface area contributed by atoms with Crippen molar-refractivity contribution < 1.29 is 4.74 Å². The lowest BCUT2D eigenvalue weighted by Crippen LogP contribution is -2.18. The molecule has 0 fully saturated rings. The summed E-state index contributed by atoms with van der Waals surface area (Å²) in [6.45, 7) is 13.6. The zero-order valence-electron chi connectivity index (χ0n) is 20.5. The second-order valence-electron chi connectivity index (χ2n) is 9.88. The molecule has 0 unspecified atom stereocenters. The maximum absolute atomic E-state index is 5.15. The maximum atomic E-state index is 5.15. The highest BCUT2D eigenvalue weighted by molar-refractivity contribution is 5.28. The Kier molecular flexibility index (Phi) is 7.26. The Labute approximate surface area is 195 Å². The number of aromatic nitrogens is 7. The van der Waals surface area contributed by atoms with Gasteiger partial charge in [0, 0.05) is 17.0 Å². The number of ether oxygens (including phenoxy) is 1. The van der Waals surface area contributed by atoms with Crippen LogP contribution in [0.1, 0.15) is 58.5 Å². The van der Waals surface area contributed by atoms with Gasteiger partial charge in [0.1, 0.15) is 5.75 Å². The van der Waals surface area contributed by atoms with Crippen LogP contribution < -0.4 is 4.74 Å². The molecule has 3 heterocycles. The summed E-state index contributed by atoms with van der Waals surface area (Å²) in [6.07, 6.45) is 7.28. The summed E-state index contributed by atoms with van der Waals surface area (Å²) in [6, 6.07) is 11.9. The Balaban J connectivity index is 0.000000189. The Bertz CT molecular complexity index is 1130. The van der Waals surface area contributed by atoms with Crippen molar-refractivity contribution >= 4 is 0 Å². The van der Waals surface area contributed by atoms with Crippen molar-refractivity contribution in [2.45, 2.75) is 58.9 Å². The standard InChI is InChI=1S/C14H19N3O.C11H14N4/c1-14(2,3)13-9-15-16-17(13)10-11-5-7-12(18-4)8-6-11;1-11(2,3)10-8-15(14-13-10)9-5-4-6-12-7-9/h5-9H,10H2,1-4H3;4-8H,1-3H3. The molecule has 8 nitrogen and oxygen atoms in total. The lowest BCUT2D eigenvalue weighted by molar-refractivity contribution is 0.414. The Morgan fingerprint density at radius 2 is 1.61 bits per heavy atom. The molecule has 0 atom stereocenters. The van der Waals surface area contributed by atoms with Gasteiger partial charge in [-0.2, -0.15) is 0 Å². The highest BCUT2D eigenvalue weighted by atomic mass is 16.5. The van der Waals surface area contributed by atoms with E-state index < -0.39 is 0 Å². The van der Waals surface area contributed by atoms with Crippen LogP contribution in [0.5, 0.6) is 5.75 Å². The van der Waals surface area contributed by atoms with Gasteiger partial charge in [-0.25, -0.2) is 9.36 Å². The molecular weight excluding hydrogens is 414 g/mol. The average molecular weight is 448 g/mol. The smallest absolute Gasteiger partial charge is 0.118 e. The number of rotatable bonds is 4. The monoisotopic (exact) mass is 447 g/mol. The van der Waals surface area contributed by atoms with Crippen LogP contribution in [0, 0.1) is 0 Å². The second-order valence-corrected chi connectivity index (χ2v) is 9.88. The quantitative estimate of drug-likeness (QED) is 0.455. The summed E-state index contributed by atoms with van der Waals surface area (Å²) in [4.78, 5) is 4.04. The van der Waals surface area contributed by atoms with Crippen molar-refractivity contribution in [2.75, 3.05) is 7.11 Å². The number of hydrogen-bond donors (Lipinski definition) is 0. The third-order valence-corrected chi connectivity index (χ3v) is 5.05. The van der Waals surface area contributed by atoms with Gasteiger partial charge in [-0.1, -0.05) is 64.1 Å². The summed E-state index contributed by atoms with van der Waals surface area (Å²) in [7, 11) is 1.67. The van der Waals surface area contributed by atoms with E-state index in [0.717, 1.165) is 29.4 Å². The van der Waals surface area contributed by atoms with Crippen molar-refractivity contribution in [3.63, 3.8) is 0 Å². The first-order valence-electron chi connectivity index (χ1n) is 10.9. The third-order valence-electron chi connectivity index (χ3n) is 5.05. The fourth-order valence-electron chi connectivity index (χ4n) is 3.08. The molecule has 1 aromatic carbocycles. The highest BCUT2D eigenvalue weighted by Gasteiger charge is 2.20. The van der Waals surface area contributed by atoms with Gasteiger partial charge in [-0.05, 0) is 29.8 Å². The Hall–Kier alpha value is -3.55. The summed E-state index contributed by atoms with van der Waals surface area (Å²) < 4.78 is 8.84. The van der Waals surface area contributed by atoms with Crippen LogP contribution in [0.25, 0.3) is 5.69 Å². The van der Waals surface area contributed by atoms with Gasteiger partial charge >= 0.3 is 0 Å². The van der Waals surface area contributed by atoms with Crippen LogP contribution in [0.15, 0.2) is 61.2 Å². The number of nitrogens with zero attached hydrogens (tertiary/aromatic N) is 7. The van der Waals surface area contributed by atoms with E-state index in [-0.39, 0.29) is 10.8 Å². The molecule has 3 aromatic heterocycles.